The van der Waals surface area contributed by atoms with Gasteiger partial charge in [-0.1, -0.05) is 37.6 Å². The number of allylic oxidation sites excluding steroid dienone is 1. The fourth-order valence-electron chi connectivity index (χ4n) is 4.25. The van der Waals surface area contributed by atoms with Crippen molar-refractivity contribution >= 4 is 0 Å². The van der Waals surface area contributed by atoms with Crippen LogP contribution in [0.15, 0.2) is 35.9 Å². The van der Waals surface area contributed by atoms with Crippen LogP contribution in [0.5, 0.6) is 5.75 Å². The third kappa shape index (κ3) is 2.11. The van der Waals surface area contributed by atoms with Crippen LogP contribution in [0.2, 0.25) is 0 Å². The zero-order valence-corrected chi connectivity index (χ0v) is 12.9. The average molecular weight is 288 g/mol. The lowest BCUT2D eigenvalue weighted by Gasteiger charge is -2.55. The summed E-state index contributed by atoms with van der Waals surface area (Å²) >= 11 is 0. The van der Waals surface area contributed by atoms with E-state index in [1.807, 2.05) is 12.1 Å². The van der Waals surface area contributed by atoms with Gasteiger partial charge in [0.25, 0.3) is 0 Å². The number of benzene rings is 1. The summed E-state index contributed by atoms with van der Waals surface area (Å²) in [7, 11) is 0. The molecule has 114 valence electrons. The van der Waals surface area contributed by atoms with Crippen molar-refractivity contribution in [2.75, 3.05) is 13.2 Å². The Labute approximate surface area is 126 Å². The van der Waals surface area contributed by atoms with E-state index in [0.717, 1.165) is 5.56 Å². The molecule has 1 aromatic carbocycles. The summed E-state index contributed by atoms with van der Waals surface area (Å²) in [5.41, 5.74) is 2.27. The number of ether oxygens (including phenoxy) is 1. The molecule has 0 saturated carbocycles. The van der Waals surface area contributed by atoms with E-state index in [9.17, 15) is 10.2 Å². The predicted octanol–water partition coefficient (Wildman–Crippen LogP) is 3.29. The number of phenolic OH excluding ortho intramolecular Hbond substituents is 1. The van der Waals surface area contributed by atoms with Crippen LogP contribution in [-0.2, 0) is 4.74 Å². The highest BCUT2D eigenvalue weighted by Gasteiger charge is 2.53. The molecule has 3 nitrogen and oxygen atoms in total. The van der Waals surface area contributed by atoms with Crippen molar-refractivity contribution in [2.45, 2.75) is 26.9 Å². The van der Waals surface area contributed by atoms with Crippen LogP contribution in [0.4, 0.5) is 0 Å². The first-order valence-electron chi connectivity index (χ1n) is 7.69. The maximum atomic E-state index is 9.97. The number of fused-ring (bicyclic) bond motifs is 2. The molecule has 1 aliphatic carbocycles. The molecule has 3 rings (SSSR count). The van der Waals surface area contributed by atoms with Gasteiger partial charge in [0, 0.05) is 11.3 Å². The zero-order valence-electron chi connectivity index (χ0n) is 12.9. The van der Waals surface area contributed by atoms with Gasteiger partial charge >= 0.3 is 0 Å². The number of phenols is 1. The molecule has 0 aromatic heterocycles. The highest BCUT2D eigenvalue weighted by atomic mass is 16.5. The molecule has 1 saturated heterocycles. The van der Waals surface area contributed by atoms with E-state index < -0.39 is 0 Å². The SMILES string of the molecule is CC1=C[C@@H](C)[C@@]2(CO)CO[C@@H](c3ccc(O)cc3)[C@@H]1[C@@H]2C. The number of aromatic hydroxyl groups is 1. The first-order valence-corrected chi connectivity index (χ1v) is 7.69. The summed E-state index contributed by atoms with van der Waals surface area (Å²) in [5.74, 6) is 1.26. The van der Waals surface area contributed by atoms with E-state index in [1.165, 1.54) is 5.57 Å². The summed E-state index contributed by atoms with van der Waals surface area (Å²) < 4.78 is 6.19. The van der Waals surface area contributed by atoms with Crippen molar-refractivity contribution in [3.8, 4) is 5.75 Å². The Kier molecular flexibility index (Phi) is 3.58. The third-order valence-electron chi connectivity index (χ3n) is 5.76. The molecule has 21 heavy (non-hydrogen) atoms. The first-order chi connectivity index (χ1) is 9.99. The van der Waals surface area contributed by atoms with Crippen molar-refractivity contribution < 1.29 is 14.9 Å². The Morgan fingerprint density at radius 2 is 1.90 bits per heavy atom. The molecule has 3 heteroatoms. The van der Waals surface area contributed by atoms with Crippen LogP contribution in [0.1, 0.15) is 32.4 Å². The average Bonchev–Trinajstić information content (AvgIpc) is 2.46. The van der Waals surface area contributed by atoms with Gasteiger partial charge in [-0.3, -0.25) is 0 Å². The number of hydrogen-bond acceptors (Lipinski definition) is 3. The van der Waals surface area contributed by atoms with Crippen molar-refractivity contribution in [3.05, 3.63) is 41.5 Å². The highest BCUT2D eigenvalue weighted by Crippen LogP contribution is 2.55. The minimum absolute atomic E-state index is 0.00373. The maximum absolute atomic E-state index is 9.97. The van der Waals surface area contributed by atoms with Crippen LogP contribution in [0, 0.1) is 23.2 Å². The largest absolute Gasteiger partial charge is 0.508 e. The van der Waals surface area contributed by atoms with E-state index in [4.69, 9.17) is 4.74 Å². The zero-order chi connectivity index (χ0) is 15.2. The molecule has 0 radical (unpaired) electrons. The molecule has 2 N–H and O–H groups in total. The number of aliphatic hydroxyl groups excluding tert-OH is 1. The van der Waals surface area contributed by atoms with Crippen LogP contribution >= 0.6 is 0 Å². The second kappa shape index (κ2) is 5.15. The van der Waals surface area contributed by atoms with Gasteiger partial charge in [-0.2, -0.15) is 0 Å². The smallest absolute Gasteiger partial charge is 0.115 e. The first kappa shape index (κ1) is 14.6. The van der Waals surface area contributed by atoms with Crippen LogP contribution in [0.25, 0.3) is 0 Å². The second-order valence-corrected chi connectivity index (χ2v) is 6.73. The van der Waals surface area contributed by atoms with Gasteiger partial charge in [-0.05, 0) is 36.5 Å². The predicted molar refractivity (Wildman–Crippen MR) is 81.9 cm³/mol. The highest BCUT2D eigenvalue weighted by molar-refractivity contribution is 5.31. The maximum Gasteiger partial charge on any atom is 0.115 e. The van der Waals surface area contributed by atoms with Gasteiger partial charge in [-0.25, -0.2) is 0 Å². The summed E-state index contributed by atoms with van der Waals surface area (Å²) in [4.78, 5) is 0. The lowest BCUT2D eigenvalue weighted by Crippen LogP contribution is -2.53. The lowest BCUT2D eigenvalue weighted by atomic mass is 9.56. The molecule has 0 unspecified atom stereocenters. The van der Waals surface area contributed by atoms with Crippen LogP contribution in [-0.4, -0.2) is 23.4 Å². The van der Waals surface area contributed by atoms with Crippen LogP contribution in [0.3, 0.4) is 0 Å². The fraction of sp³-hybridized carbons (Fsp3) is 0.556. The number of hydrogen-bond donors (Lipinski definition) is 2. The minimum Gasteiger partial charge on any atom is -0.508 e. The van der Waals surface area contributed by atoms with E-state index in [1.54, 1.807) is 12.1 Å². The molecule has 5 atom stereocenters. The van der Waals surface area contributed by atoms with Crippen molar-refractivity contribution in [3.63, 3.8) is 0 Å². The number of rotatable bonds is 2. The standard InChI is InChI=1S/C18H24O3/c1-11-8-12(2)18(9-19)10-21-17(16(11)13(18)3)14-4-6-15(20)7-5-14/h4-8,12-13,16-17,19-20H,9-10H2,1-3H3/t12-,13+,16+,17+,18-/m1/s1. The van der Waals surface area contributed by atoms with E-state index in [-0.39, 0.29) is 29.8 Å². The quantitative estimate of drug-likeness (QED) is 0.821. The molecule has 1 aromatic rings. The summed E-state index contributed by atoms with van der Waals surface area (Å²) in [6.45, 7) is 7.33. The Bertz CT molecular complexity index is 548. The van der Waals surface area contributed by atoms with E-state index in [0.29, 0.717) is 18.4 Å². The van der Waals surface area contributed by atoms with Gasteiger partial charge in [-0.15, -0.1) is 0 Å². The molecule has 1 fully saturated rings. The van der Waals surface area contributed by atoms with Gasteiger partial charge < -0.3 is 14.9 Å². The molecule has 1 aliphatic heterocycles. The number of aliphatic hydroxyl groups is 1. The Hall–Kier alpha value is -1.32. The molecule has 1 heterocycles. The molecule has 0 amide bonds. The van der Waals surface area contributed by atoms with Crippen molar-refractivity contribution in [1.29, 1.82) is 0 Å². The van der Waals surface area contributed by atoms with E-state index in [2.05, 4.69) is 26.8 Å². The normalized spacial score (nSPS) is 39.0. The van der Waals surface area contributed by atoms with E-state index >= 15 is 0 Å². The molecule has 2 bridgehead atoms. The molecule has 0 spiro atoms. The summed E-state index contributed by atoms with van der Waals surface area (Å²) in [6.07, 6.45) is 2.31. The van der Waals surface area contributed by atoms with Crippen molar-refractivity contribution in [1.82, 2.24) is 0 Å². The van der Waals surface area contributed by atoms with Crippen molar-refractivity contribution in [2.24, 2.45) is 23.2 Å². The fourth-order valence-corrected chi connectivity index (χ4v) is 4.25. The monoisotopic (exact) mass is 288 g/mol. The minimum atomic E-state index is -0.169. The van der Waals surface area contributed by atoms with Gasteiger partial charge in [0.1, 0.15) is 5.75 Å². The summed E-state index contributed by atoms with van der Waals surface area (Å²) in [5, 5.41) is 19.4. The molecular weight excluding hydrogens is 264 g/mol. The third-order valence-corrected chi connectivity index (χ3v) is 5.76. The van der Waals surface area contributed by atoms with Gasteiger partial charge in [0.2, 0.25) is 0 Å². The Morgan fingerprint density at radius 1 is 1.24 bits per heavy atom. The molecule has 2 aliphatic rings. The van der Waals surface area contributed by atoms with Crippen LogP contribution < -0.4 is 0 Å². The van der Waals surface area contributed by atoms with Gasteiger partial charge in [0.15, 0.2) is 0 Å². The molecular formula is C18H24O3. The topological polar surface area (TPSA) is 49.7 Å². The Morgan fingerprint density at radius 3 is 2.52 bits per heavy atom. The second-order valence-electron chi connectivity index (χ2n) is 6.73. The summed E-state index contributed by atoms with van der Waals surface area (Å²) in [6, 6.07) is 7.29. The van der Waals surface area contributed by atoms with Gasteiger partial charge in [0.05, 0.1) is 19.3 Å². The lowest BCUT2D eigenvalue weighted by molar-refractivity contribution is -0.165. The Balaban J connectivity index is 2.01.